The molecular weight excluding hydrogens is 272 g/mol. The standard InChI is InChI=1S/C16H17Br/c1-2-6-13-9-10-16(15(11-13)12-17)14-7-4-3-5-8-14/h3-5,7-11H,2,6,12H2,1H3. The van der Waals surface area contributed by atoms with Crippen molar-refractivity contribution in [1.29, 1.82) is 0 Å². The maximum atomic E-state index is 3.59. The van der Waals surface area contributed by atoms with Crippen LogP contribution in [-0.4, -0.2) is 0 Å². The molecule has 2 aromatic carbocycles. The van der Waals surface area contributed by atoms with Gasteiger partial charge < -0.3 is 0 Å². The summed E-state index contributed by atoms with van der Waals surface area (Å²) in [5, 5.41) is 0.911. The third kappa shape index (κ3) is 2.98. The molecule has 0 heterocycles. The van der Waals surface area contributed by atoms with Crippen LogP contribution in [0.1, 0.15) is 24.5 Å². The molecule has 88 valence electrons. The van der Waals surface area contributed by atoms with E-state index in [1.54, 1.807) is 0 Å². The summed E-state index contributed by atoms with van der Waals surface area (Å²) < 4.78 is 0. The zero-order chi connectivity index (χ0) is 12.1. The molecule has 2 rings (SSSR count). The Morgan fingerprint density at radius 3 is 2.41 bits per heavy atom. The van der Waals surface area contributed by atoms with Crippen LogP contribution in [0.4, 0.5) is 0 Å². The summed E-state index contributed by atoms with van der Waals surface area (Å²) >= 11 is 3.59. The number of aryl methyl sites for hydroxylation is 1. The highest BCUT2D eigenvalue weighted by Crippen LogP contribution is 2.26. The monoisotopic (exact) mass is 288 g/mol. The van der Waals surface area contributed by atoms with Gasteiger partial charge in [-0.15, -0.1) is 0 Å². The summed E-state index contributed by atoms with van der Waals surface area (Å²) in [6.07, 6.45) is 2.36. The van der Waals surface area contributed by atoms with E-state index in [9.17, 15) is 0 Å². The molecule has 0 aromatic heterocycles. The van der Waals surface area contributed by atoms with Gasteiger partial charge >= 0.3 is 0 Å². The minimum atomic E-state index is 0.911. The van der Waals surface area contributed by atoms with Gasteiger partial charge in [0.25, 0.3) is 0 Å². The fourth-order valence-electron chi connectivity index (χ4n) is 2.10. The van der Waals surface area contributed by atoms with Gasteiger partial charge in [-0.2, -0.15) is 0 Å². The van der Waals surface area contributed by atoms with Crippen LogP contribution in [0.15, 0.2) is 48.5 Å². The first-order valence-electron chi connectivity index (χ1n) is 6.08. The average molecular weight is 289 g/mol. The highest BCUT2D eigenvalue weighted by molar-refractivity contribution is 9.08. The summed E-state index contributed by atoms with van der Waals surface area (Å²) in [6, 6.07) is 17.4. The van der Waals surface area contributed by atoms with Crippen LogP contribution in [0.3, 0.4) is 0 Å². The minimum absolute atomic E-state index is 0.911. The van der Waals surface area contributed by atoms with E-state index >= 15 is 0 Å². The van der Waals surface area contributed by atoms with E-state index in [2.05, 4.69) is 71.4 Å². The molecule has 0 saturated carbocycles. The van der Waals surface area contributed by atoms with Crippen LogP contribution in [0.2, 0.25) is 0 Å². The SMILES string of the molecule is CCCc1ccc(-c2ccccc2)c(CBr)c1. The highest BCUT2D eigenvalue weighted by Gasteiger charge is 2.04. The highest BCUT2D eigenvalue weighted by atomic mass is 79.9. The molecule has 0 spiro atoms. The smallest absolute Gasteiger partial charge is 0.0289 e. The van der Waals surface area contributed by atoms with Crippen molar-refractivity contribution in [2.75, 3.05) is 0 Å². The second kappa shape index (κ2) is 6.02. The van der Waals surface area contributed by atoms with Gasteiger partial charge in [-0.3, -0.25) is 0 Å². The van der Waals surface area contributed by atoms with Crippen molar-refractivity contribution in [2.45, 2.75) is 25.1 Å². The van der Waals surface area contributed by atoms with Crippen LogP contribution in [0.5, 0.6) is 0 Å². The van der Waals surface area contributed by atoms with Gasteiger partial charge in [0.2, 0.25) is 0 Å². The van der Waals surface area contributed by atoms with Gasteiger partial charge in [-0.1, -0.05) is 77.8 Å². The number of alkyl halides is 1. The van der Waals surface area contributed by atoms with Crippen LogP contribution >= 0.6 is 15.9 Å². The quantitative estimate of drug-likeness (QED) is 0.678. The third-order valence-corrected chi connectivity index (χ3v) is 3.54. The van der Waals surface area contributed by atoms with Gasteiger partial charge in [0.15, 0.2) is 0 Å². The first-order chi connectivity index (χ1) is 8.35. The molecule has 0 nitrogen and oxygen atoms in total. The Morgan fingerprint density at radius 1 is 1.00 bits per heavy atom. The molecule has 0 radical (unpaired) electrons. The lowest BCUT2D eigenvalue weighted by Gasteiger charge is -2.10. The molecule has 0 saturated heterocycles. The normalized spacial score (nSPS) is 10.5. The van der Waals surface area contributed by atoms with E-state index in [1.165, 1.54) is 28.7 Å². The molecule has 0 aliphatic carbocycles. The lowest BCUT2D eigenvalue weighted by Crippen LogP contribution is -1.90. The summed E-state index contributed by atoms with van der Waals surface area (Å²) in [5.41, 5.74) is 5.44. The first-order valence-corrected chi connectivity index (χ1v) is 7.20. The molecule has 0 aliphatic rings. The zero-order valence-electron chi connectivity index (χ0n) is 10.1. The lowest BCUT2D eigenvalue weighted by atomic mass is 9.97. The Labute approximate surface area is 112 Å². The maximum absolute atomic E-state index is 3.59. The van der Waals surface area contributed by atoms with E-state index in [4.69, 9.17) is 0 Å². The lowest BCUT2D eigenvalue weighted by molar-refractivity contribution is 0.920. The first kappa shape index (κ1) is 12.4. The number of rotatable bonds is 4. The van der Waals surface area contributed by atoms with E-state index in [0.29, 0.717) is 0 Å². The fourth-order valence-corrected chi connectivity index (χ4v) is 2.57. The zero-order valence-corrected chi connectivity index (χ0v) is 11.7. The number of halogens is 1. The molecule has 2 aromatic rings. The van der Waals surface area contributed by atoms with Gasteiger partial charge in [0.1, 0.15) is 0 Å². The Morgan fingerprint density at radius 2 is 1.76 bits per heavy atom. The summed E-state index contributed by atoms with van der Waals surface area (Å²) in [4.78, 5) is 0. The molecule has 0 bridgehead atoms. The molecule has 0 amide bonds. The molecule has 17 heavy (non-hydrogen) atoms. The van der Waals surface area contributed by atoms with Gasteiger partial charge in [-0.05, 0) is 28.7 Å². The second-order valence-corrected chi connectivity index (χ2v) is 4.80. The van der Waals surface area contributed by atoms with Crippen LogP contribution in [0, 0.1) is 0 Å². The maximum Gasteiger partial charge on any atom is 0.0289 e. The largest absolute Gasteiger partial charge is 0.0876 e. The van der Waals surface area contributed by atoms with Crippen molar-refractivity contribution in [2.24, 2.45) is 0 Å². The molecule has 0 aliphatic heterocycles. The van der Waals surface area contributed by atoms with Gasteiger partial charge in [0.05, 0.1) is 0 Å². The molecule has 0 fully saturated rings. The van der Waals surface area contributed by atoms with Crippen LogP contribution in [0.25, 0.3) is 11.1 Å². The van der Waals surface area contributed by atoms with E-state index < -0.39 is 0 Å². The summed E-state index contributed by atoms with van der Waals surface area (Å²) in [7, 11) is 0. The molecule has 1 heteroatoms. The third-order valence-electron chi connectivity index (χ3n) is 2.94. The topological polar surface area (TPSA) is 0 Å². The minimum Gasteiger partial charge on any atom is -0.0876 e. The van der Waals surface area contributed by atoms with Crippen molar-refractivity contribution in [3.05, 3.63) is 59.7 Å². The van der Waals surface area contributed by atoms with E-state index in [0.717, 1.165) is 11.8 Å². The van der Waals surface area contributed by atoms with Gasteiger partial charge in [-0.25, -0.2) is 0 Å². The Bertz CT molecular complexity index is 474. The van der Waals surface area contributed by atoms with Crippen LogP contribution in [-0.2, 0) is 11.8 Å². The average Bonchev–Trinajstić information content (AvgIpc) is 2.40. The van der Waals surface area contributed by atoms with Crippen molar-refractivity contribution < 1.29 is 0 Å². The second-order valence-electron chi connectivity index (χ2n) is 4.24. The Kier molecular flexibility index (Phi) is 4.38. The summed E-state index contributed by atoms with van der Waals surface area (Å²) in [6.45, 7) is 2.22. The Hall–Kier alpha value is -1.08. The Balaban J connectivity index is 2.41. The number of hydrogen-bond donors (Lipinski definition) is 0. The predicted molar refractivity (Wildman–Crippen MR) is 78.5 cm³/mol. The number of hydrogen-bond acceptors (Lipinski definition) is 0. The van der Waals surface area contributed by atoms with Crippen molar-refractivity contribution in [3.8, 4) is 11.1 Å². The van der Waals surface area contributed by atoms with Crippen molar-refractivity contribution >= 4 is 15.9 Å². The number of benzene rings is 2. The summed E-state index contributed by atoms with van der Waals surface area (Å²) in [5.74, 6) is 0. The van der Waals surface area contributed by atoms with Crippen LogP contribution < -0.4 is 0 Å². The molecule has 0 atom stereocenters. The van der Waals surface area contributed by atoms with Crippen molar-refractivity contribution in [1.82, 2.24) is 0 Å². The predicted octanol–water partition coefficient (Wildman–Crippen LogP) is 5.20. The van der Waals surface area contributed by atoms with Gasteiger partial charge in [0, 0.05) is 5.33 Å². The molecular formula is C16H17Br. The molecule has 0 N–H and O–H groups in total. The van der Waals surface area contributed by atoms with E-state index in [-0.39, 0.29) is 0 Å². The fraction of sp³-hybridized carbons (Fsp3) is 0.250. The van der Waals surface area contributed by atoms with Crippen molar-refractivity contribution in [3.63, 3.8) is 0 Å². The van der Waals surface area contributed by atoms with E-state index in [1.807, 2.05) is 0 Å². The molecule has 0 unspecified atom stereocenters.